The molecule has 0 amide bonds. The van der Waals surface area contributed by atoms with Crippen LogP contribution in [0.2, 0.25) is 0 Å². The van der Waals surface area contributed by atoms with Gasteiger partial charge in [0.2, 0.25) is 5.78 Å². The molecule has 1 aliphatic heterocycles. The number of nitrogens with zero attached hydrogens (tertiary/aromatic N) is 1. The van der Waals surface area contributed by atoms with E-state index in [1.807, 2.05) is 0 Å². The minimum atomic E-state index is -0.556. The third-order valence-corrected chi connectivity index (χ3v) is 0.833. The van der Waals surface area contributed by atoms with Gasteiger partial charge < -0.3 is 0 Å². The molecule has 3 heteroatoms. The molecule has 0 spiro atoms. The van der Waals surface area contributed by atoms with E-state index in [2.05, 4.69) is 4.99 Å². The minimum absolute atomic E-state index is 0.318. The summed E-state index contributed by atoms with van der Waals surface area (Å²) in [6.45, 7) is 0.400. The molecule has 1 heterocycles. The van der Waals surface area contributed by atoms with Gasteiger partial charge in [-0.05, 0) is 0 Å². The van der Waals surface area contributed by atoms with E-state index < -0.39 is 5.90 Å². The summed E-state index contributed by atoms with van der Waals surface area (Å²) >= 11 is 0. The molecule has 1 radical (unpaired) electrons. The second-order valence-electron chi connectivity index (χ2n) is 1.36. The fourth-order valence-corrected chi connectivity index (χ4v) is 0.454. The maximum atomic E-state index is 10.1. The molecule has 0 aromatic heterocycles. The molecule has 7 heavy (non-hydrogen) atoms. The van der Waals surface area contributed by atoms with Crippen molar-refractivity contribution in [2.75, 3.05) is 6.54 Å². The Bertz CT molecular complexity index is 128. The topological polar surface area (TPSA) is 49.3 Å². The molecular formula is C4H4NO2. The van der Waals surface area contributed by atoms with Gasteiger partial charge in [-0.25, -0.2) is 4.99 Å². The van der Waals surface area contributed by atoms with Gasteiger partial charge in [0.25, 0.3) is 0 Å². The summed E-state index contributed by atoms with van der Waals surface area (Å²) in [5.74, 6) is -0.903. The van der Waals surface area contributed by atoms with E-state index in [1.165, 1.54) is 0 Å². The lowest BCUT2D eigenvalue weighted by molar-refractivity contribution is -0.113. The van der Waals surface area contributed by atoms with Crippen molar-refractivity contribution < 1.29 is 9.90 Å². The van der Waals surface area contributed by atoms with Crippen LogP contribution in [-0.4, -0.2) is 18.2 Å². The Balaban J connectivity index is 2.72. The first kappa shape index (κ1) is 4.30. The highest BCUT2D eigenvalue weighted by Gasteiger charge is 2.16. The molecule has 0 fully saturated rings. The number of hydrogen-bond donors (Lipinski definition) is 0. The predicted octanol–water partition coefficient (Wildman–Crippen LogP) is -0.212. The van der Waals surface area contributed by atoms with Crippen molar-refractivity contribution in [2.45, 2.75) is 6.42 Å². The molecule has 3 nitrogen and oxygen atoms in total. The Morgan fingerprint density at radius 1 is 1.57 bits per heavy atom. The molecule has 0 N–H and O–H groups in total. The van der Waals surface area contributed by atoms with Gasteiger partial charge in [-0.3, -0.25) is 9.90 Å². The zero-order valence-electron chi connectivity index (χ0n) is 3.68. The SMILES string of the molecule is [O]C1=NCCC1=O. The van der Waals surface area contributed by atoms with Crippen molar-refractivity contribution in [1.29, 1.82) is 0 Å². The van der Waals surface area contributed by atoms with Crippen LogP contribution < -0.4 is 0 Å². The van der Waals surface area contributed by atoms with Crippen LogP contribution in [0.25, 0.3) is 0 Å². The summed E-state index contributed by atoms with van der Waals surface area (Å²) in [6.07, 6.45) is 0.318. The second kappa shape index (κ2) is 1.33. The summed E-state index contributed by atoms with van der Waals surface area (Å²) in [5, 5.41) is 10.1. The Morgan fingerprint density at radius 3 is 2.43 bits per heavy atom. The van der Waals surface area contributed by atoms with Crippen molar-refractivity contribution >= 4 is 11.7 Å². The first-order valence-electron chi connectivity index (χ1n) is 2.05. The van der Waals surface area contributed by atoms with E-state index in [-0.39, 0.29) is 5.78 Å². The van der Waals surface area contributed by atoms with Gasteiger partial charge in [-0.15, -0.1) is 0 Å². The normalized spacial score (nSPS) is 20.0. The van der Waals surface area contributed by atoms with E-state index in [0.717, 1.165) is 0 Å². The summed E-state index contributed by atoms with van der Waals surface area (Å²) in [6, 6.07) is 0. The lowest BCUT2D eigenvalue weighted by Gasteiger charge is -1.72. The number of carbonyl (C=O) groups is 1. The smallest absolute Gasteiger partial charge is 0.289 e. The molecule has 0 aromatic rings. The van der Waals surface area contributed by atoms with Crippen LogP contribution in [0.15, 0.2) is 4.99 Å². The number of carbonyl (C=O) groups excluding carboxylic acids is 1. The van der Waals surface area contributed by atoms with Crippen LogP contribution in [0.1, 0.15) is 6.42 Å². The van der Waals surface area contributed by atoms with Gasteiger partial charge in [0.05, 0.1) is 6.54 Å². The standard InChI is InChI=1S/C4H4NO2/c6-3-1-2-5-4(3)7/h1-2H2. The highest BCUT2D eigenvalue weighted by atomic mass is 16.3. The number of Topliss-reactive ketones (excluding diaryl/α,β-unsaturated/α-hetero) is 1. The molecule has 0 saturated heterocycles. The molecule has 1 aliphatic rings. The largest absolute Gasteiger partial charge is 0.308 e. The van der Waals surface area contributed by atoms with Gasteiger partial charge in [-0.2, -0.15) is 0 Å². The lowest BCUT2D eigenvalue weighted by atomic mass is 10.3. The fraction of sp³-hybridized carbons (Fsp3) is 0.500. The maximum absolute atomic E-state index is 10.1. The van der Waals surface area contributed by atoms with E-state index in [1.54, 1.807) is 0 Å². The average molecular weight is 98.1 g/mol. The minimum Gasteiger partial charge on any atom is -0.289 e. The molecule has 0 aliphatic carbocycles. The molecule has 37 valence electrons. The fourth-order valence-electron chi connectivity index (χ4n) is 0.454. The van der Waals surface area contributed by atoms with Gasteiger partial charge >= 0.3 is 5.90 Å². The predicted molar refractivity (Wildman–Crippen MR) is 22.6 cm³/mol. The Labute approximate surface area is 40.7 Å². The molecule has 0 bridgehead atoms. The van der Waals surface area contributed by atoms with Crippen molar-refractivity contribution in [2.24, 2.45) is 4.99 Å². The number of hydrogen-bond acceptors (Lipinski definition) is 2. The van der Waals surface area contributed by atoms with Crippen LogP contribution in [0.3, 0.4) is 0 Å². The zero-order chi connectivity index (χ0) is 5.28. The van der Waals surface area contributed by atoms with Crippen LogP contribution in [-0.2, 0) is 9.90 Å². The Morgan fingerprint density at radius 2 is 2.29 bits per heavy atom. The molecule has 0 saturated carbocycles. The zero-order valence-corrected chi connectivity index (χ0v) is 3.68. The van der Waals surface area contributed by atoms with Crippen molar-refractivity contribution in [3.8, 4) is 0 Å². The van der Waals surface area contributed by atoms with Crippen LogP contribution in [0, 0.1) is 0 Å². The second-order valence-corrected chi connectivity index (χ2v) is 1.36. The quantitative estimate of drug-likeness (QED) is 0.413. The number of ketones is 1. The summed E-state index contributed by atoms with van der Waals surface area (Å²) in [7, 11) is 0. The van der Waals surface area contributed by atoms with E-state index in [9.17, 15) is 9.90 Å². The van der Waals surface area contributed by atoms with Crippen molar-refractivity contribution in [3.05, 3.63) is 0 Å². The Kier molecular flexibility index (Phi) is 0.817. The number of rotatable bonds is 0. The van der Waals surface area contributed by atoms with E-state index >= 15 is 0 Å². The Hall–Kier alpha value is -0.860. The average Bonchev–Trinajstić information content (AvgIpc) is 1.91. The molecule has 0 aromatic carbocycles. The highest BCUT2D eigenvalue weighted by Crippen LogP contribution is 1.95. The lowest BCUT2D eigenvalue weighted by Crippen LogP contribution is -2.03. The molecular weight excluding hydrogens is 94.0 g/mol. The first-order chi connectivity index (χ1) is 3.30. The molecule has 0 unspecified atom stereocenters. The van der Waals surface area contributed by atoms with Gasteiger partial charge in [0, 0.05) is 6.42 Å². The number of aliphatic imine (C=N–C) groups is 1. The summed E-state index contributed by atoms with van der Waals surface area (Å²) in [5.41, 5.74) is 0. The van der Waals surface area contributed by atoms with Crippen LogP contribution in [0.4, 0.5) is 0 Å². The van der Waals surface area contributed by atoms with Crippen LogP contribution >= 0.6 is 0 Å². The monoisotopic (exact) mass is 98.0 g/mol. The third kappa shape index (κ3) is 0.607. The molecule has 0 atom stereocenters. The van der Waals surface area contributed by atoms with Crippen molar-refractivity contribution in [1.82, 2.24) is 0 Å². The third-order valence-electron chi connectivity index (χ3n) is 0.833. The van der Waals surface area contributed by atoms with Gasteiger partial charge in [0.1, 0.15) is 0 Å². The first-order valence-corrected chi connectivity index (χ1v) is 2.05. The molecule has 1 rings (SSSR count). The van der Waals surface area contributed by atoms with Gasteiger partial charge in [-0.1, -0.05) is 0 Å². The van der Waals surface area contributed by atoms with E-state index in [0.29, 0.717) is 13.0 Å². The maximum Gasteiger partial charge on any atom is 0.308 e. The summed E-state index contributed by atoms with van der Waals surface area (Å²) in [4.78, 5) is 13.5. The highest BCUT2D eigenvalue weighted by molar-refractivity contribution is 6.36. The van der Waals surface area contributed by atoms with Crippen LogP contribution in [0.5, 0.6) is 0 Å². The van der Waals surface area contributed by atoms with Crippen molar-refractivity contribution in [3.63, 3.8) is 0 Å². The van der Waals surface area contributed by atoms with E-state index in [4.69, 9.17) is 0 Å². The van der Waals surface area contributed by atoms with Gasteiger partial charge in [0.15, 0.2) is 0 Å². The summed E-state index contributed by atoms with van der Waals surface area (Å²) < 4.78 is 0.